The Kier molecular flexibility index (Phi) is 4.23. The lowest BCUT2D eigenvalue weighted by Crippen LogP contribution is -2.15. The maximum absolute atomic E-state index is 13.4. The molecule has 1 N–H and O–H groups in total. The molecule has 4 nitrogen and oxygen atoms in total. The zero-order valence-electron chi connectivity index (χ0n) is 12.0. The van der Waals surface area contributed by atoms with E-state index in [1.807, 2.05) is 12.1 Å². The number of rotatable bonds is 5. The number of halogens is 1. The van der Waals surface area contributed by atoms with Gasteiger partial charge >= 0.3 is 0 Å². The fourth-order valence-electron chi connectivity index (χ4n) is 2.30. The molecule has 0 fully saturated rings. The van der Waals surface area contributed by atoms with Crippen LogP contribution in [0.3, 0.4) is 0 Å². The molecule has 0 bridgehead atoms. The van der Waals surface area contributed by atoms with Crippen LogP contribution in [-0.2, 0) is 11.2 Å². The Bertz CT molecular complexity index is 687. The highest BCUT2D eigenvalue weighted by atomic mass is 19.1. The molecule has 0 unspecified atom stereocenters. The van der Waals surface area contributed by atoms with Crippen molar-refractivity contribution in [1.29, 1.82) is 0 Å². The van der Waals surface area contributed by atoms with E-state index in [1.54, 1.807) is 18.2 Å². The average Bonchev–Trinajstić information content (AvgIpc) is 2.97. The Labute approximate surface area is 127 Å². The van der Waals surface area contributed by atoms with E-state index in [9.17, 15) is 9.18 Å². The lowest BCUT2D eigenvalue weighted by Gasteiger charge is -2.08. The van der Waals surface area contributed by atoms with Gasteiger partial charge in [0.15, 0.2) is 11.6 Å². The van der Waals surface area contributed by atoms with Crippen molar-refractivity contribution in [3.63, 3.8) is 0 Å². The highest BCUT2D eigenvalue weighted by molar-refractivity contribution is 5.91. The van der Waals surface area contributed by atoms with E-state index in [-0.39, 0.29) is 24.7 Å². The first-order chi connectivity index (χ1) is 10.7. The molecule has 5 heteroatoms. The minimum Gasteiger partial charge on any atom is -0.493 e. The molecular formula is C17H16FNO3. The number of hydrogen-bond acceptors (Lipinski definition) is 3. The zero-order chi connectivity index (χ0) is 15.4. The molecule has 0 aliphatic carbocycles. The van der Waals surface area contributed by atoms with Crippen LogP contribution in [-0.4, -0.2) is 19.1 Å². The van der Waals surface area contributed by atoms with Gasteiger partial charge < -0.3 is 14.8 Å². The van der Waals surface area contributed by atoms with Gasteiger partial charge in [-0.05, 0) is 35.9 Å². The normalized spacial score (nSPS) is 12.4. The lowest BCUT2D eigenvalue weighted by atomic mass is 10.1. The van der Waals surface area contributed by atoms with Gasteiger partial charge in [0.1, 0.15) is 5.75 Å². The molecule has 22 heavy (non-hydrogen) atoms. The Morgan fingerprint density at radius 1 is 1.27 bits per heavy atom. The summed E-state index contributed by atoms with van der Waals surface area (Å²) < 4.78 is 24.0. The van der Waals surface area contributed by atoms with Gasteiger partial charge in [-0.2, -0.15) is 0 Å². The maximum Gasteiger partial charge on any atom is 0.227 e. The number of carbonyl (C=O) groups excluding carboxylic acids is 1. The molecule has 1 aliphatic rings. The number of fused-ring (bicyclic) bond motifs is 1. The molecule has 1 heterocycles. The van der Waals surface area contributed by atoms with Gasteiger partial charge in [0.05, 0.1) is 19.6 Å². The predicted octanol–water partition coefficient (Wildman–Crippen LogP) is 3.17. The van der Waals surface area contributed by atoms with E-state index in [2.05, 4.69) is 5.32 Å². The number of ether oxygens (including phenoxy) is 2. The molecule has 2 aromatic rings. The standard InChI is InChI=1S/C17H16FNO3/c18-14-3-1-2-4-16(14)22-10-8-17(20)19-13-5-6-15-12(11-13)7-9-21-15/h1-6,11H,7-10H2,(H,19,20). The second-order valence-corrected chi connectivity index (χ2v) is 5.00. The first-order valence-corrected chi connectivity index (χ1v) is 7.15. The summed E-state index contributed by atoms with van der Waals surface area (Å²) >= 11 is 0. The molecule has 0 radical (unpaired) electrons. The third-order valence-corrected chi connectivity index (χ3v) is 3.40. The topological polar surface area (TPSA) is 47.6 Å². The van der Waals surface area contributed by atoms with Crippen LogP contribution in [0.5, 0.6) is 11.5 Å². The fraction of sp³-hybridized carbons (Fsp3) is 0.235. The number of hydrogen-bond donors (Lipinski definition) is 1. The highest BCUT2D eigenvalue weighted by Gasteiger charge is 2.13. The van der Waals surface area contributed by atoms with E-state index in [4.69, 9.17) is 9.47 Å². The molecule has 114 valence electrons. The maximum atomic E-state index is 13.4. The monoisotopic (exact) mass is 301 g/mol. The van der Waals surface area contributed by atoms with Crippen LogP contribution in [0.2, 0.25) is 0 Å². The fourth-order valence-corrected chi connectivity index (χ4v) is 2.30. The molecule has 1 amide bonds. The summed E-state index contributed by atoms with van der Waals surface area (Å²) in [6.07, 6.45) is 1.01. The minimum atomic E-state index is -0.429. The highest BCUT2D eigenvalue weighted by Crippen LogP contribution is 2.27. The quantitative estimate of drug-likeness (QED) is 0.922. The number of para-hydroxylation sites is 1. The van der Waals surface area contributed by atoms with Crippen LogP contribution in [0.1, 0.15) is 12.0 Å². The number of benzene rings is 2. The second kappa shape index (κ2) is 6.47. The van der Waals surface area contributed by atoms with Gasteiger partial charge in [-0.25, -0.2) is 4.39 Å². The summed E-state index contributed by atoms with van der Waals surface area (Å²) in [7, 11) is 0. The summed E-state index contributed by atoms with van der Waals surface area (Å²) in [5, 5.41) is 2.80. The average molecular weight is 301 g/mol. The van der Waals surface area contributed by atoms with E-state index in [1.165, 1.54) is 12.1 Å². The molecule has 0 saturated carbocycles. The first-order valence-electron chi connectivity index (χ1n) is 7.15. The van der Waals surface area contributed by atoms with Crippen molar-refractivity contribution in [2.24, 2.45) is 0 Å². The molecule has 2 aromatic carbocycles. The Morgan fingerprint density at radius 2 is 2.14 bits per heavy atom. The number of amides is 1. The second-order valence-electron chi connectivity index (χ2n) is 5.00. The number of carbonyl (C=O) groups is 1. The molecular weight excluding hydrogens is 285 g/mol. The van der Waals surface area contributed by atoms with Gasteiger partial charge in [0.2, 0.25) is 5.91 Å². The minimum absolute atomic E-state index is 0.126. The zero-order valence-corrected chi connectivity index (χ0v) is 12.0. The summed E-state index contributed by atoms with van der Waals surface area (Å²) in [6, 6.07) is 11.7. The summed E-state index contributed by atoms with van der Waals surface area (Å²) in [4.78, 5) is 11.9. The Hall–Kier alpha value is -2.56. The number of anilines is 1. The largest absolute Gasteiger partial charge is 0.493 e. The van der Waals surface area contributed by atoms with Crippen LogP contribution in [0.4, 0.5) is 10.1 Å². The Morgan fingerprint density at radius 3 is 3.00 bits per heavy atom. The molecule has 1 aliphatic heterocycles. The summed E-state index contributed by atoms with van der Waals surface area (Å²) in [6.45, 7) is 0.810. The van der Waals surface area contributed by atoms with Crippen molar-refractivity contribution in [2.45, 2.75) is 12.8 Å². The lowest BCUT2D eigenvalue weighted by molar-refractivity contribution is -0.116. The van der Waals surface area contributed by atoms with Crippen molar-refractivity contribution >= 4 is 11.6 Å². The van der Waals surface area contributed by atoms with E-state index in [0.717, 1.165) is 23.4 Å². The molecule has 0 atom stereocenters. The Balaban J connectivity index is 1.49. The molecule has 0 spiro atoms. The van der Waals surface area contributed by atoms with E-state index in [0.29, 0.717) is 6.61 Å². The van der Waals surface area contributed by atoms with Gasteiger partial charge in [0.25, 0.3) is 0 Å². The van der Waals surface area contributed by atoms with E-state index >= 15 is 0 Å². The summed E-state index contributed by atoms with van der Waals surface area (Å²) in [5.41, 5.74) is 1.83. The smallest absolute Gasteiger partial charge is 0.227 e. The van der Waals surface area contributed by atoms with Crippen LogP contribution < -0.4 is 14.8 Å². The number of nitrogens with one attached hydrogen (secondary N) is 1. The molecule has 0 saturated heterocycles. The van der Waals surface area contributed by atoms with Crippen molar-refractivity contribution in [3.05, 3.63) is 53.8 Å². The van der Waals surface area contributed by atoms with Crippen molar-refractivity contribution < 1.29 is 18.7 Å². The van der Waals surface area contributed by atoms with Gasteiger partial charge in [-0.1, -0.05) is 12.1 Å². The SMILES string of the molecule is O=C(CCOc1ccccc1F)Nc1ccc2c(c1)CCO2. The van der Waals surface area contributed by atoms with E-state index < -0.39 is 5.82 Å². The van der Waals surface area contributed by atoms with Crippen LogP contribution in [0, 0.1) is 5.82 Å². The van der Waals surface area contributed by atoms with Crippen molar-refractivity contribution in [3.8, 4) is 11.5 Å². The van der Waals surface area contributed by atoms with Crippen LogP contribution in [0.15, 0.2) is 42.5 Å². The van der Waals surface area contributed by atoms with Crippen molar-refractivity contribution in [1.82, 2.24) is 0 Å². The molecule has 3 rings (SSSR count). The van der Waals surface area contributed by atoms with Crippen molar-refractivity contribution in [2.75, 3.05) is 18.5 Å². The third kappa shape index (κ3) is 3.36. The summed E-state index contributed by atoms with van der Waals surface area (Å²) in [5.74, 6) is 0.433. The van der Waals surface area contributed by atoms with Gasteiger partial charge in [-0.15, -0.1) is 0 Å². The van der Waals surface area contributed by atoms with Gasteiger partial charge in [0, 0.05) is 12.1 Å². The first kappa shape index (κ1) is 14.4. The predicted molar refractivity (Wildman–Crippen MR) is 80.8 cm³/mol. The van der Waals surface area contributed by atoms with Crippen LogP contribution in [0.25, 0.3) is 0 Å². The molecule has 0 aromatic heterocycles. The van der Waals surface area contributed by atoms with Crippen LogP contribution >= 0.6 is 0 Å². The third-order valence-electron chi connectivity index (χ3n) is 3.40. The van der Waals surface area contributed by atoms with Gasteiger partial charge in [-0.3, -0.25) is 4.79 Å².